The molecular weight excluding hydrogens is 254 g/mol. The van der Waals surface area contributed by atoms with E-state index in [1.807, 2.05) is 30.3 Å². The van der Waals surface area contributed by atoms with E-state index in [-0.39, 0.29) is 17.2 Å². The molecule has 1 N–H and O–H groups in total. The Kier molecular flexibility index (Phi) is 4.25. The van der Waals surface area contributed by atoms with E-state index >= 15 is 0 Å². The molecule has 0 radical (unpaired) electrons. The van der Waals surface area contributed by atoms with Crippen molar-refractivity contribution in [2.75, 3.05) is 14.2 Å². The van der Waals surface area contributed by atoms with Crippen molar-refractivity contribution in [1.82, 2.24) is 4.90 Å². The summed E-state index contributed by atoms with van der Waals surface area (Å²) in [5.41, 5.74) is 1.27. The zero-order chi connectivity index (χ0) is 14.5. The number of carbonyl (C=O) groups is 1. The van der Waals surface area contributed by atoms with Crippen LogP contribution in [0.3, 0.4) is 0 Å². The number of carbonyl (C=O) groups excluding carboxylic acids is 1. The maximum Gasteiger partial charge on any atom is 0.257 e. The molecule has 1 amide bonds. The average Bonchev–Trinajstić information content (AvgIpc) is 2.48. The van der Waals surface area contributed by atoms with Crippen molar-refractivity contribution in [2.45, 2.75) is 6.54 Å². The van der Waals surface area contributed by atoms with Gasteiger partial charge in [0.05, 0.1) is 12.7 Å². The molecule has 2 aromatic carbocycles. The Labute approximate surface area is 118 Å². The Morgan fingerprint density at radius 1 is 1.15 bits per heavy atom. The van der Waals surface area contributed by atoms with Gasteiger partial charge in [0.2, 0.25) is 0 Å². The topological polar surface area (TPSA) is 49.8 Å². The van der Waals surface area contributed by atoms with Crippen LogP contribution in [0.25, 0.3) is 0 Å². The van der Waals surface area contributed by atoms with E-state index in [4.69, 9.17) is 4.74 Å². The number of nitrogens with zero attached hydrogens (tertiary/aromatic N) is 1. The molecule has 0 saturated heterocycles. The van der Waals surface area contributed by atoms with Crippen LogP contribution < -0.4 is 4.74 Å². The summed E-state index contributed by atoms with van der Waals surface area (Å²) in [5.74, 6) is -0.0749. The summed E-state index contributed by atoms with van der Waals surface area (Å²) in [6, 6.07) is 14.6. The van der Waals surface area contributed by atoms with Gasteiger partial charge in [-0.15, -0.1) is 0 Å². The minimum atomic E-state index is -0.245. The summed E-state index contributed by atoms with van der Waals surface area (Å²) in [7, 11) is 3.16. The lowest BCUT2D eigenvalue weighted by Crippen LogP contribution is -2.26. The van der Waals surface area contributed by atoms with E-state index in [9.17, 15) is 9.90 Å². The first kappa shape index (κ1) is 13.9. The van der Waals surface area contributed by atoms with Crippen LogP contribution in [0.5, 0.6) is 11.5 Å². The number of methoxy groups -OCH3 is 1. The first-order valence-corrected chi connectivity index (χ1v) is 6.29. The number of hydrogen-bond acceptors (Lipinski definition) is 3. The van der Waals surface area contributed by atoms with Crippen molar-refractivity contribution in [3.05, 3.63) is 59.7 Å². The normalized spacial score (nSPS) is 10.1. The Morgan fingerprint density at radius 3 is 2.50 bits per heavy atom. The number of ether oxygens (including phenoxy) is 1. The van der Waals surface area contributed by atoms with E-state index in [1.165, 1.54) is 7.11 Å². The van der Waals surface area contributed by atoms with E-state index in [2.05, 4.69) is 0 Å². The molecule has 0 spiro atoms. The zero-order valence-electron chi connectivity index (χ0n) is 11.5. The van der Waals surface area contributed by atoms with Crippen LogP contribution in [0.4, 0.5) is 0 Å². The zero-order valence-corrected chi connectivity index (χ0v) is 11.5. The number of rotatable bonds is 4. The highest BCUT2D eigenvalue weighted by atomic mass is 16.5. The van der Waals surface area contributed by atoms with Crippen LogP contribution in [-0.2, 0) is 6.54 Å². The minimum Gasteiger partial charge on any atom is -0.504 e. The molecule has 4 heteroatoms. The van der Waals surface area contributed by atoms with Crippen LogP contribution in [0.2, 0.25) is 0 Å². The predicted octanol–water partition coefficient (Wildman–Crippen LogP) is 2.67. The Morgan fingerprint density at radius 2 is 1.85 bits per heavy atom. The van der Waals surface area contributed by atoms with Gasteiger partial charge in [-0.1, -0.05) is 36.4 Å². The summed E-state index contributed by atoms with van der Waals surface area (Å²) in [6.45, 7) is 0.482. The molecule has 20 heavy (non-hydrogen) atoms. The fraction of sp³-hybridized carbons (Fsp3) is 0.188. The van der Waals surface area contributed by atoms with Crippen molar-refractivity contribution in [3.8, 4) is 11.5 Å². The van der Waals surface area contributed by atoms with Crippen molar-refractivity contribution in [2.24, 2.45) is 0 Å². The predicted molar refractivity (Wildman–Crippen MR) is 76.9 cm³/mol. The van der Waals surface area contributed by atoms with Crippen molar-refractivity contribution in [3.63, 3.8) is 0 Å². The van der Waals surface area contributed by atoms with Crippen LogP contribution in [0.15, 0.2) is 48.5 Å². The molecule has 2 rings (SSSR count). The summed E-state index contributed by atoms with van der Waals surface area (Å²) in [4.78, 5) is 13.9. The van der Waals surface area contributed by atoms with Gasteiger partial charge in [-0.3, -0.25) is 4.79 Å². The van der Waals surface area contributed by atoms with Gasteiger partial charge < -0.3 is 14.7 Å². The molecule has 0 unspecified atom stereocenters. The first-order valence-electron chi connectivity index (χ1n) is 6.29. The van der Waals surface area contributed by atoms with Gasteiger partial charge in [-0.25, -0.2) is 0 Å². The maximum atomic E-state index is 12.3. The number of aromatic hydroxyl groups is 1. The molecule has 4 nitrogen and oxygen atoms in total. The fourth-order valence-electron chi connectivity index (χ4n) is 1.99. The second-order valence-corrected chi connectivity index (χ2v) is 4.50. The van der Waals surface area contributed by atoms with Gasteiger partial charge in [0.25, 0.3) is 5.91 Å². The summed E-state index contributed by atoms with van der Waals surface area (Å²) in [6.07, 6.45) is 0. The molecular formula is C16H17NO3. The van der Waals surface area contributed by atoms with Crippen molar-refractivity contribution < 1.29 is 14.6 Å². The Bertz CT molecular complexity index is 596. The molecule has 0 bridgehead atoms. The second-order valence-electron chi connectivity index (χ2n) is 4.50. The van der Waals surface area contributed by atoms with Gasteiger partial charge >= 0.3 is 0 Å². The van der Waals surface area contributed by atoms with E-state index < -0.39 is 0 Å². The quantitative estimate of drug-likeness (QED) is 0.930. The largest absolute Gasteiger partial charge is 0.504 e. The molecule has 0 saturated carbocycles. The van der Waals surface area contributed by atoms with Crippen LogP contribution in [0.1, 0.15) is 15.9 Å². The lowest BCUT2D eigenvalue weighted by Gasteiger charge is -2.18. The fourth-order valence-corrected chi connectivity index (χ4v) is 1.99. The van der Waals surface area contributed by atoms with Gasteiger partial charge in [-0.05, 0) is 17.7 Å². The smallest absolute Gasteiger partial charge is 0.257 e. The van der Waals surface area contributed by atoms with Crippen molar-refractivity contribution >= 4 is 5.91 Å². The number of hydrogen-bond donors (Lipinski definition) is 1. The Balaban J connectivity index is 2.19. The monoisotopic (exact) mass is 271 g/mol. The third-order valence-electron chi connectivity index (χ3n) is 3.06. The van der Waals surface area contributed by atoms with Crippen LogP contribution in [-0.4, -0.2) is 30.1 Å². The molecule has 0 aromatic heterocycles. The number of benzene rings is 2. The van der Waals surface area contributed by atoms with Gasteiger partial charge in [0, 0.05) is 13.6 Å². The van der Waals surface area contributed by atoms with Gasteiger partial charge in [0.1, 0.15) is 0 Å². The highest BCUT2D eigenvalue weighted by Gasteiger charge is 2.18. The summed E-state index contributed by atoms with van der Waals surface area (Å²) >= 11 is 0. The molecule has 2 aromatic rings. The second kappa shape index (κ2) is 6.10. The molecule has 0 atom stereocenters. The van der Waals surface area contributed by atoms with E-state index in [0.717, 1.165) is 5.56 Å². The highest BCUT2D eigenvalue weighted by Crippen LogP contribution is 2.30. The van der Waals surface area contributed by atoms with E-state index in [0.29, 0.717) is 12.3 Å². The van der Waals surface area contributed by atoms with Crippen molar-refractivity contribution in [1.29, 1.82) is 0 Å². The lowest BCUT2D eigenvalue weighted by atomic mass is 10.1. The Hall–Kier alpha value is -2.49. The molecule has 0 fully saturated rings. The standard InChI is InChI=1S/C16H17NO3/c1-17(11-12-7-4-3-5-8-12)16(19)13-9-6-10-14(20-2)15(13)18/h3-10,18H,11H2,1-2H3. The molecule has 0 aliphatic rings. The van der Waals surface area contributed by atoms with Gasteiger partial charge in [-0.2, -0.15) is 0 Å². The third kappa shape index (κ3) is 2.91. The molecule has 104 valence electrons. The van der Waals surface area contributed by atoms with E-state index in [1.54, 1.807) is 30.1 Å². The number of phenolic OH excluding ortho intramolecular Hbond substituents is 1. The number of phenols is 1. The lowest BCUT2D eigenvalue weighted by molar-refractivity contribution is 0.0781. The number of amides is 1. The third-order valence-corrected chi connectivity index (χ3v) is 3.06. The number of para-hydroxylation sites is 1. The molecule has 0 aliphatic carbocycles. The summed E-state index contributed by atoms with van der Waals surface area (Å²) < 4.78 is 5.01. The highest BCUT2D eigenvalue weighted by molar-refractivity contribution is 5.97. The SMILES string of the molecule is COc1cccc(C(=O)N(C)Cc2ccccc2)c1O. The van der Waals surface area contributed by atoms with Crippen LogP contribution >= 0.6 is 0 Å². The van der Waals surface area contributed by atoms with Gasteiger partial charge in [0.15, 0.2) is 11.5 Å². The summed E-state index contributed by atoms with van der Waals surface area (Å²) in [5, 5.41) is 10.0. The molecule has 0 heterocycles. The first-order chi connectivity index (χ1) is 9.63. The minimum absolute atomic E-state index is 0.125. The maximum absolute atomic E-state index is 12.3. The molecule has 0 aliphatic heterocycles. The average molecular weight is 271 g/mol. The van der Waals surface area contributed by atoms with Crippen LogP contribution in [0, 0.1) is 0 Å².